The number of urea groups is 1. The molecule has 0 saturated carbocycles. The molecule has 3 amide bonds. The Morgan fingerprint density at radius 1 is 1.32 bits per heavy atom. The summed E-state index contributed by atoms with van der Waals surface area (Å²) in [6, 6.07) is 4.32. The Balaban J connectivity index is 1.86. The van der Waals surface area contributed by atoms with Crippen LogP contribution in [0.25, 0.3) is 0 Å². The van der Waals surface area contributed by atoms with Crippen molar-refractivity contribution in [2.45, 2.75) is 39.5 Å². The van der Waals surface area contributed by atoms with Crippen molar-refractivity contribution in [1.29, 1.82) is 0 Å². The van der Waals surface area contributed by atoms with E-state index >= 15 is 0 Å². The Hall–Kier alpha value is -2.11. The van der Waals surface area contributed by atoms with Gasteiger partial charge in [-0.15, -0.1) is 0 Å². The quantitative estimate of drug-likeness (QED) is 0.882. The smallest absolute Gasteiger partial charge is 0.321 e. The Morgan fingerprint density at radius 2 is 2.00 bits per heavy atom. The summed E-state index contributed by atoms with van der Waals surface area (Å²) in [5, 5.41) is 2.63. The van der Waals surface area contributed by atoms with E-state index in [-0.39, 0.29) is 23.5 Å². The van der Waals surface area contributed by atoms with Gasteiger partial charge in [0.25, 0.3) is 0 Å². The molecule has 5 nitrogen and oxygen atoms in total. The number of hydrogen-bond donors (Lipinski definition) is 1. The highest BCUT2D eigenvalue weighted by atomic mass is 19.1. The van der Waals surface area contributed by atoms with Crippen LogP contribution in [0.2, 0.25) is 0 Å². The van der Waals surface area contributed by atoms with Crippen LogP contribution in [-0.2, 0) is 4.79 Å². The molecule has 1 aliphatic heterocycles. The maximum Gasteiger partial charge on any atom is 0.321 e. The molecule has 25 heavy (non-hydrogen) atoms. The lowest BCUT2D eigenvalue weighted by Crippen LogP contribution is -2.45. The number of carbonyl (C=O) groups excluding carboxylic acids is 2. The molecule has 138 valence electrons. The molecule has 0 radical (unpaired) electrons. The number of rotatable bonds is 5. The summed E-state index contributed by atoms with van der Waals surface area (Å²) in [5.74, 6) is -0.304. The lowest BCUT2D eigenvalue weighted by Gasteiger charge is -2.33. The first kappa shape index (κ1) is 19.2. The van der Waals surface area contributed by atoms with Crippen LogP contribution in [0.3, 0.4) is 0 Å². The molecule has 0 aromatic heterocycles. The van der Waals surface area contributed by atoms with Crippen LogP contribution in [0.5, 0.6) is 0 Å². The number of anilines is 1. The average molecular weight is 349 g/mol. The van der Waals surface area contributed by atoms with Gasteiger partial charge in [0.15, 0.2) is 0 Å². The third kappa shape index (κ3) is 5.18. The molecule has 1 N–H and O–H groups in total. The van der Waals surface area contributed by atoms with E-state index in [0.29, 0.717) is 25.9 Å². The number of nitrogens with zero attached hydrogens (tertiary/aromatic N) is 2. The van der Waals surface area contributed by atoms with Crippen molar-refractivity contribution in [1.82, 2.24) is 9.80 Å². The Labute approximate surface area is 149 Å². The Morgan fingerprint density at radius 3 is 2.64 bits per heavy atom. The van der Waals surface area contributed by atoms with Crippen molar-refractivity contribution in [3.05, 3.63) is 29.6 Å². The first-order chi connectivity index (χ1) is 11.9. The predicted octanol–water partition coefficient (Wildman–Crippen LogP) is 3.64. The minimum Gasteiger partial charge on any atom is -0.346 e. The molecule has 1 aliphatic rings. The highest BCUT2D eigenvalue weighted by Gasteiger charge is 2.29. The van der Waals surface area contributed by atoms with E-state index in [9.17, 15) is 14.0 Å². The molecule has 1 fully saturated rings. The largest absolute Gasteiger partial charge is 0.346 e. The van der Waals surface area contributed by atoms with E-state index in [1.54, 1.807) is 21.9 Å². The number of piperidine rings is 1. The zero-order valence-corrected chi connectivity index (χ0v) is 15.3. The normalized spacial score (nSPS) is 15.1. The Kier molecular flexibility index (Phi) is 6.79. The number of likely N-dealkylation sites (tertiary alicyclic amines) is 1. The second-order valence-electron chi connectivity index (χ2n) is 6.79. The Bertz CT molecular complexity index is 613. The van der Waals surface area contributed by atoms with Gasteiger partial charge in [-0.05, 0) is 43.9 Å². The first-order valence-electron chi connectivity index (χ1n) is 8.99. The summed E-state index contributed by atoms with van der Waals surface area (Å²) < 4.78 is 13.8. The van der Waals surface area contributed by atoms with Crippen molar-refractivity contribution in [3.63, 3.8) is 0 Å². The average Bonchev–Trinajstić information content (AvgIpc) is 2.62. The zero-order chi connectivity index (χ0) is 18.4. The standard InChI is InChI=1S/C19H28FN3O2/c1-4-5-10-22(3)18(24)15-8-11-23(12-9-15)19(25)21-17-13-14(2)6-7-16(17)20/h6-7,13,15H,4-5,8-12H2,1-3H3,(H,21,25). The number of aryl methyl sites for hydroxylation is 1. The number of benzene rings is 1. The fourth-order valence-electron chi connectivity index (χ4n) is 3.08. The molecule has 6 heteroatoms. The summed E-state index contributed by atoms with van der Waals surface area (Å²) in [7, 11) is 1.84. The van der Waals surface area contributed by atoms with E-state index < -0.39 is 5.82 Å². The van der Waals surface area contributed by atoms with Gasteiger partial charge in [-0.2, -0.15) is 0 Å². The lowest BCUT2D eigenvalue weighted by molar-refractivity contribution is -0.135. The minimum absolute atomic E-state index is 0.0263. The topological polar surface area (TPSA) is 52.7 Å². The van der Waals surface area contributed by atoms with Gasteiger partial charge < -0.3 is 15.1 Å². The highest BCUT2D eigenvalue weighted by molar-refractivity contribution is 5.90. The number of nitrogens with one attached hydrogen (secondary N) is 1. The first-order valence-corrected chi connectivity index (χ1v) is 8.99. The van der Waals surface area contributed by atoms with Crippen LogP contribution in [0.4, 0.5) is 14.9 Å². The molecule has 0 aliphatic carbocycles. The summed E-state index contributed by atoms with van der Waals surface area (Å²) in [5.41, 5.74) is 1.08. The summed E-state index contributed by atoms with van der Waals surface area (Å²) in [6.07, 6.45) is 3.37. The molecule has 1 saturated heterocycles. The van der Waals surface area contributed by atoms with Crippen LogP contribution < -0.4 is 5.32 Å². The van der Waals surface area contributed by atoms with Crippen molar-refractivity contribution in [3.8, 4) is 0 Å². The van der Waals surface area contributed by atoms with Crippen LogP contribution in [0.15, 0.2) is 18.2 Å². The van der Waals surface area contributed by atoms with Crippen LogP contribution in [0, 0.1) is 18.7 Å². The maximum atomic E-state index is 13.8. The molecule has 1 aromatic carbocycles. The molecule has 2 rings (SSSR count). The van der Waals surface area contributed by atoms with Crippen molar-refractivity contribution < 1.29 is 14.0 Å². The molecular formula is C19H28FN3O2. The van der Waals surface area contributed by atoms with Gasteiger partial charge in [0.1, 0.15) is 5.82 Å². The van der Waals surface area contributed by atoms with E-state index in [0.717, 1.165) is 24.9 Å². The monoisotopic (exact) mass is 349 g/mol. The molecule has 0 bridgehead atoms. The van der Waals surface area contributed by atoms with Gasteiger partial charge in [-0.3, -0.25) is 4.79 Å². The van der Waals surface area contributed by atoms with E-state index in [1.165, 1.54) is 6.07 Å². The van der Waals surface area contributed by atoms with Gasteiger partial charge in [0.2, 0.25) is 5.91 Å². The molecular weight excluding hydrogens is 321 g/mol. The van der Waals surface area contributed by atoms with E-state index in [4.69, 9.17) is 0 Å². The van der Waals surface area contributed by atoms with Crippen molar-refractivity contribution in [2.75, 3.05) is 32.0 Å². The van der Waals surface area contributed by atoms with Crippen LogP contribution in [0.1, 0.15) is 38.2 Å². The zero-order valence-electron chi connectivity index (χ0n) is 15.3. The SMILES string of the molecule is CCCCN(C)C(=O)C1CCN(C(=O)Nc2cc(C)ccc2F)CC1. The molecule has 1 heterocycles. The third-order valence-corrected chi connectivity index (χ3v) is 4.72. The third-order valence-electron chi connectivity index (χ3n) is 4.72. The molecule has 0 unspecified atom stereocenters. The second kappa shape index (κ2) is 8.83. The summed E-state index contributed by atoms with van der Waals surface area (Å²) in [6.45, 7) is 5.75. The summed E-state index contributed by atoms with van der Waals surface area (Å²) >= 11 is 0. The highest BCUT2D eigenvalue weighted by Crippen LogP contribution is 2.21. The fraction of sp³-hybridized carbons (Fsp3) is 0.579. The minimum atomic E-state index is -0.443. The van der Waals surface area contributed by atoms with Crippen molar-refractivity contribution >= 4 is 17.6 Å². The molecule has 0 atom stereocenters. The van der Waals surface area contributed by atoms with E-state index in [1.807, 2.05) is 14.0 Å². The van der Waals surface area contributed by atoms with Gasteiger partial charge >= 0.3 is 6.03 Å². The van der Waals surface area contributed by atoms with Crippen LogP contribution >= 0.6 is 0 Å². The number of amides is 3. The fourth-order valence-corrected chi connectivity index (χ4v) is 3.08. The van der Waals surface area contributed by atoms with E-state index in [2.05, 4.69) is 12.2 Å². The molecule has 0 spiro atoms. The van der Waals surface area contributed by atoms with Crippen molar-refractivity contribution in [2.24, 2.45) is 5.92 Å². The number of carbonyl (C=O) groups is 2. The summed E-state index contributed by atoms with van der Waals surface area (Å²) in [4.78, 5) is 28.2. The molecule has 1 aromatic rings. The van der Waals surface area contributed by atoms with Gasteiger partial charge in [0.05, 0.1) is 5.69 Å². The lowest BCUT2D eigenvalue weighted by atomic mass is 9.95. The second-order valence-corrected chi connectivity index (χ2v) is 6.79. The number of halogens is 1. The van der Waals surface area contributed by atoms with Gasteiger partial charge in [-0.25, -0.2) is 9.18 Å². The van der Waals surface area contributed by atoms with Gasteiger partial charge in [-0.1, -0.05) is 19.4 Å². The number of hydrogen-bond acceptors (Lipinski definition) is 2. The predicted molar refractivity (Wildman–Crippen MR) is 97.0 cm³/mol. The van der Waals surface area contributed by atoms with Gasteiger partial charge in [0, 0.05) is 32.6 Å². The van der Waals surface area contributed by atoms with Crippen LogP contribution in [-0.4, -0.2) is 48.4 Å². The maximum absolute atomic E-state index is 13.8. The number of unbranched alkanes of at least 4 members (excludes halogenated alkanes) is 1.